The Morgan fingerprint density at radius 3 is 2.10 bits per heavy atom. The van der Waals surface area contributed by atoms with E-state index in [9.17, 15) is 9.59 Å². The van der Waals surface area contributed by atoms with Crippen LogP contribution in [0.25, 0.3) is 0 Å². The van der Waals surface area contributed by atoms with Gasteiger partial charge in [0, 0.05) is 32.7 Å². The average Bonchev–Trinajstić information content (AvgIpc) is 2.43. The Balaban J connectivity index is 2.51. The minimum Gasteiger partial charge on any atom is -0.480 e. The van der Waals surface area contributed by atoms with E-state index in [-0.39, 0.29) is 11.8 Å². The van der Waals surface area contributed by atoms with Crippen LogP contribution in [0.3, 0.4) is 0 Å². The van der Waals surface area contributed by atoms with Crippen LogP contribution in [0.4, 0.5) is 0 Å². The lowest BCUT2D eigenvalue weighted by atomic mass is 9.95. The van der Waals surface area contributed by atoms with Crippen LogP contribution in [0.15, 0.2) is 0 Å². The van der Waals surface area contributed by atoms with Gasteiger partial charge in [-0.3, -0.25) is 14.5 Å². The Bertz CT molecular complexity index is 339. The fourth-order valence-corrected chi connectivity index (χ4v) is 2.61. The summed E-state index contributed by atoms with van der Waals surface area (Å²) in [5, 5.41) is 9.00. The Hall–Kier alpha value is -1.14. The van der Waals surface area contributed by atoms with Crippen molar-refractivity contribution in [3.05, 3.63) is 0 Å². The van der Waals surface area contributed by atoms with Gasteiger partial charge in [-0.05, 0) is 19.3 Å². The minimum absolute atomic E-state index is 0.113. The molecule has 0 saturated carbocycles. The third kappa shape index (κ3) is 4.45. The van der Waals surface area contributed by atoms with E-state index in [0.29, 0.717) is 38.6 Å². The second kappa shape index (κ2) is 7.59. The molecule has 0 spiro atoms. The van der Waals surface area contributed by atoms with Gasteiger partial charge in [0.1, 0.15) is 6.04 Å². The lowest BCUT2D eigenvalue weighted by molar-refractivity contribution is -0.144. The highest BCUT2D eigenvalue weighted by molar-refractivity contribution is 5.79. The first kappa shape index (κ1) is 16.9. The Morgan fingerprint density at radius 2 is 1.70 bits per heavy atom. The molecule has 1 aliphatic heterocycles. The number of carboxylic acids is 1. The molecule has 2 atom stereocenters. The molecule has 3 N–H and O–H groups in total. The van der Waals surface area contributed by atoms with E-state index in [4.69, 9.17) is 10.8 Å². The van der Waals surface area contributed by atoms with E-state index < -0.39 is 12.0 Å². The molecular formula is C14H27N3O3. The highest BCUT2D eigenvalue weighted by Crippen LogP contribution is 2.16. The second-order valence-corrected chi connectivity index (χ2v) is 5.94. The van der Waals surface area contributed by atoms with Crippen LogP contribution in [0.2, 0.25) is 0 Å². The molecule has 1 saturated heterocycles. The summed E-state index contributed by atoms with van der Waals surface area (Å²) in [5.41, 5.74) is 5.71. The molecule has 0 radical (unpaired) electrons. The number of nitrogens with two attached hydrogens (primary N) is 1. The first-order chi connectivity index (χ1) is 9.36. The van der Waals surface area contributed by atoms with Crippen LogP contribution in [0.1, 0.15) is 27.2 Å². The van der Waals surface area contributed by atoms with Crippen LogP contribution < -0.4 is 5.73 Å². The third-order valence-corrected chi connectivity index (χ3v) is 3.92. The first-order valence-corrected chi connectivity index (χ1v) is 7.32. The van der Waals surface area contributed by atoms with Crippen molar-refractivity contribution < 1.29 is 14.7 Å². The number of piperazine rings is 1. The summed E-state index contributed by atoms with van der Waals surface area (Å²) in [6.45, 7) is 8.63. The van der Waals surface area contributed by atoms with E-state index in [2.05, 4.69) is 13.8 Å². The number of carbonyl (C=O) groups is 2. The highest BCUT2D eigenvalue weighted by Gasteiger charge is 2.30. The predicted molar refractivity (Wildman–Crippen MR) is 77.3 cm³/mol. The summed E-state index contributed by atoms with van der Waals surface area (Å²) in [4.78, 5) is 27.1. The summed E-state index contributed by atoms with van der Waals surface area (Å²) in [5.74, 6) is -0.368. The Labute approximate surface area is 120 Å². The number of carbonyl (C=O) groups excluding carboxylic acids is 1. The summed E-state index contributed by atoms with van der Waals surface area (Å²) in [7, 11) is 0. The van der Waals surface area contributed by atoms with E-state index in [0.717, 1.165) is 6.42 Å². The quantitative estimate of drug-likeness (QED) is 0.729. The zero-order valence-electron chi connectivity index (χ0n) is 12.7. The largest absolute Gasteiger partial charge is 0.480 e. The zero-order chi connectivity index (χ0) is 15.3. The van der Waals surface area contributed by atoms with Gasteiger partial charge in [-0.15, -0.1) is 0 Å². The van der Waals surface area contributed by atoms with Gasteiger partial charge >= 0.3 is 5.97 Å². The van der Waals surface area contributed by atoms with Crippen LogP contribution in [0, 0.1) is 11.8 Å². The van der Waals surface area contributed by atoms with E-state index in [1.165, 1.54) is 0 Å². The number of hydrogen-bond donors (Lipinski definition) is 2. The Kier molecular flexibility index (Phi) is 6.42. The normalized spacial score (nSPS) is 19.9. The molecule has 1 rings (SSSR count). The van der Waals surface area contributed by atoms with Gasteiger partial charge in [0.25, 0.3) is 0 Å². The fraction of sp³-hybridized carbons (Fsp3) is 0.857. The average molecular weight is 285 g/mol. The number of carboxylic acid groups (broad SMARTS) is 1. The van der Waals surface area contributed by atoms with E-state index in [1.54, 1.807) is 6.92 Å². The van der Waals surface area contributed by atoms with Crippen molar-refractivity contribution in [3.8, 4) is 0 Å². The number of rotatable bonds is 6. The molecule has 1 amide bonds. The maximum Gasteiger partial charge on any atom is 0.320 e. The smallest absolute Gasteiger partial charge is 0.320 e. The molecule has 1 heterocycles. The lowest BCUT2D eigenvalue weighted by Gasteiger charge is -2.38. The minimum atomic E-state index is -0.815. The number of aliphatic carboxylic acids is 1. The van der Waals surface area contributed by atoms with Crippen molar-refractivity contribution in [2.75, 3.05) is 32.7 Å². The molecule has 2 unspecified atom stereocenters. The summed E-state index contributed by atoms with van der Waals surface area (Å²) in [6, 6.07) is -0.492. The van der Waals surface area contributed by atoms with Gasteiger partial charge in [0.2, 0.25) is 5.91 Å². The highest BCUT2D eigenvalue weighted by atomic mass is 16.4. The standard InChI is InChI=1S/C14H27N3O3/c1-10(2)8-12(9-15)13(18)17-6-4-16(5-7-17)11(3)14(19)20/h10-12H,4-9,15H2,1-3H3,(H,19,20). The molecule has 0 aromatic carbocycles. The molecular weight excluding hydrogens is 258 g/mol. The maximum absolute atomic E-state index is 12.4. The lowest BCUT2D eigenvalue weighted by Crippen LogP contribution is -2.54. The topological polar surface area (TPSA) is 86.9 Å². The van der Waals surface area contributed by atoms with Gasteiger partial charge in [-0.25, -0.2) is 0 Å². The predicted octanol–water partition coefficient (Wildman–Crippen LogP) is 0.225. The summed E-state index contributed by atoms with van der Waals surface area (Å²) >= 11 is 0. The van der Waals surface area contributed by atoms with Crippen molar-refractivity contribution >= 4 is 11.9 Å². The molecule has 116 valence electrons. The molecule has 1 aliphatic rings. The van der Waals surface area contributed by atoms with Gasteiger partial charge < -0.3 is 15.7 Å². The van der Waals surface area contributed by atoms with Crippen molar-refractivity contribution in [3.63, 3.8) is 0 Å². The second-order valence-electron chi connectivity index (χ2n) is 5.94. The SMILES string of the molecule is CC(C)CC(CN)C(=O)N1CCN(C(C)C(=O)O)CC1. The molecule has 20 heavy (non-hydrogen) atoms. The Morgan fingerprint density at radius 1 is 1.15 bits per heavy atom. The molecule has 6 heteroatoms. The van der Waals surface area contributed by atoms with E-state index >= 15 is 0 Å². The van der Waals surface area contributed by atoms with Gasteiger partial charge in [0.05, 0.1) is 5.92 Å². The molecule has 0 bridgehead atoms. The summed E-state index contributed by atoms with van der Waals surface area (Å²) in [6.07, 6.45) is 0.807. The zero-order valence-corrected chi connectivity index (χ0v) is 12.7. The van der Waals surface area contributed by atoms with Crippen LogP contribution in [-0.4, -0.2) is 65.5 Å². The molecule has 1 fully saturated rings. The van der Waals surface area contributed by atoms with Gasteiger partial charge in [-0.2, -0.15) is 0 Å². The molecule has 6 nitrogen and oxygen atoms in total. The molecule has 0 aromatic heterocycles. The van der Waals surface area contributed by atoms with Crippen LogP contribution in [-0.2, 0) is 9.59 Å². The summed E-state index contributed by atoms with van der Waals surface area (Å²) < 4.78 is 0. The van der Waals surface area contributed by atoms with Crippen molar-refractivity contribution in [1.29, 1.82) is 0 Å². The number of amides is 1. The fourth-order valence-electron chi connectivity index (χ4n) is 2.61. The van der Waals surface area contributed by atoms with Crippen molar-refractivity contribution in [1.82, 2.24) is 9.80 Å². The van der Waals surface area contributed by atoms with Crippen LogP contribution >= 0.6 is 0 Å². The first-order valence-electron chi connectivity index (χ1n) is 7.32. The maximum atomic E-state index is 12.4. The van der Waals surface area contributed by atoms with Gasteiger partial charge in [-0.1, -0.05) is 13.8 Å². The van der Waals surface area contributed by atoms with Crippen LogP contribution in [0.5, 0.6) is 0 Å². The molecule has 0 aromatic rings. The van der Waals surface area contributed by atoms with Gasteiger partial charge in [0.15, 0.2) is 0 Å². The number of hydrogen-bond acceptors (Lipinski definition) is 4. The number of nitrogens with zero attached hydrogens (tertiary/aromatic N) is 2. The monoisotopic (exact) mass is 285 g/mol. The van der Waals surface area contributed by atoms with E-state index in [1.807, 2.05) is 9.80 Å². The third-order valence-electron chi connectivity index (χ3n) is 3.92. The van der Waals surface area contributed by atoms with Crippen molar-refractivity contribution in [2.45, 2.75) is 33.2 Å². The van der Waals surface area contributed by atoms with Crippen molar-refractivity contribution in [2.24, 2.45) is 17.6 Å². The molecule has 0 aliphatic carbocycles.